The van der Waals surface area contributed by atoms with E-state index in [1.807, 2.05) is 18.2 Å². The minimum Gasteiger partial charge on any atom is -0.357 e. The zero-order chi connectivity index (χ0) is 15.7. The fourth-order valence-electron chi connectivity index (χ4n) is 2.29. The third-order valence-corrected chi connectivity index (χ3v) is 4.96. The van der Waals surface area contributed by atoms with Crippen molar-refractivity contribution < 1.29 is 0 Å². The summed E-state index contributed by atoms with van der Waals surface area (Å²) < 4.78 is 1.33. The van der Waals surface area contributed by atoms with Crippen LogP contribution < -0.4 is 10.9 Å². The Morgan fingerprint density at radius 3 is 2.64 bits per heavy atom. The maximum absolute atomic E-state index is 11.7. The molecule has 2 aromatic heterocycles. The van der Waals surface area contributed by atoms with Crippen molar-refractivity contribution >= 4 is 21.4 Å². The Labute approximate surface area is 132 Å². The molecule has 1 unspecified atom stereocenters. The van der Waals surface area contributed by atoms with E-state index >= 15 is 0 Å². The van der Waals surface area contributed by atoms with Gasteiger partial charge >= 0.3 is 0 Å². The van der Waals surface area contributed by atoms with Gasteiger partial charge in [0.05, 0.1) is 0 Å². The van der Waals surface area contributed by atoms with Crippen molar-refractivity contribution in [3.05, 3.63) is 58.5 Å². The third-order valence-electron chi connectivity index (χ3n) is 4.11. The number of hydrogen-bond donors (Lipinski definition) is 1. The third kappa shape index (κ3) is 2.62. The van der Waals surface area contributed by atoms with Gasteiger partial charge in [0.15, 0.2) is 0 Å². The Bertz CT molecular complexity index is 838. The number of aromatic nitrogens is 3. The molecule has 0 amide bonds. The standard InChI is InChI=1S/C16H18N4OS/c1-11(16(2,3)12-7-5-4-6-8-12)18-14-19-20-13(21)9-10-17-15(20)22-14/h4-11H,1-3H3,(H,18,19). The molecular weight excluding hydrogens is 296 g/mol. The van der Waals surface area contributed by atoms with E-state index in [0.29, 0.717) is 10.1 Å². The normalized spacial score (nSPS) is 13.2. The van der Waals surface area contributed by atoms with Gasteiger partial charge in [0.2, 0.25) is 10.1 Å². The predicted octanol–water partition coefficient (Wildman–Crippen LogP) is 2.93. The molecule has 0 aliphatic carbocycles. The molecule has 3 aromatic rings. The van der Waals surface area contributed by atoms with Crippen LogP contribution in [0.25, 0.3) is 4.96 Å². The van der Waals surface area contributed by atoms with Crippen LogP contribution in [-0.4, -0.2) is 20.6 Å². The van der Waals surface area contributed by atoms with Gasteiger partial charge in [-0.1, -0.05) is 55.5 Å². The van der Waals surface area contributed by atoms with E-state index in [9.17, 15) is 4.79 Å². The van der Waals surface area contributed by atoms with E-state index in [4.69, 9.17) is 0 Å². The van der Waals surface area contributed by atoms with Gasteiger partial charge in [-0.2, -0.15) is 4.52 Å². The van der Waals surface area contributed by atoms with Crippen molar-refractivity contribution in [1.82, 2.24) is 14.6 Å². The summed E-state index contributed by atoms with van der Waals surface area (Å²) >= 11 is 1.38. The van der Waals surface area contributed by atoms with Crippen molar-refractivity contribution in [2.24, 2.45) is 0 Å². The van der Waals surface area contributed by atoms with E-state index in [1.54, 1.807) is 0 Å². The molecule has 114 valence electrons. The molecule has 3 rings (SSSR count). The minimum atomic E-state index is -0.163. The van der Waals surface area contributed by atoms with Crippen LogP contribution in [-0.2, 0) is 5.41 Å². The van der Waals surface area contributed by atoms with Gasteiger partial charge in [-0.15, -0.1) is 5.10 Å². The summed E-state index contributed by atoms with van der Waals surface area (Å²) in [4.78, 5) is 16.5. The Balaban J connectivity index is 1.88. The van der Waals surface area contributed by atoms with E-state index in [0.717, 1.165) is 0 Å². The smallest absolute Gasteiger partial charge is 0.275 e. The molecule has 0 saturated carbocycles. The Morgan fingerprint density at radius 1 is 1.23 bits per heavy atom. The van der Waals surface area contributed by atoms with Gasteiger partial charge in [-0.05, 0) is 12.5 Å². The number of fused-ring (bicyclic) bond motifs is 1. The van der Waals surface area contributed by atoms with E-state index in [2.05, 4.69) is 48.3 Å². The number of nitrogens with one attached hydrogen (secondary N) is 1. The van der Waals surface area contributed by atoms with E-state index in [-0.39, 0.29) is 17.0 Å². The van der Waals surface area contributed by atoms with Crippen LogP contribution >= 0.6 is 11.3 Å². The first-order valence-corrected chi connectivity index (χ1v) is 7.97. The van der Waals surface area contributed by atoms with Crippen molar-refractivity contribution in [3.8, 4) is 0 Å². The van der Waals surface area contributed by atoms with Crippen LogP contribution in [0.15, 0.2) is 47.4 Å². The highest BCUT2D eigenvalue weighted by Gasteiger charge is 2.28. The monoisotopic (exact) mass is 314 g/mol. The number of rotatable bonds is 4. The summed E-state index contributed by atoms with van der Waals surface area (Å²) in [6, 6.07) is 11.9. The summed E-state index contributed by atoms with van der Waals surface area (Å²) in [5.74, 6) is 0. The second-order valence-electron chi connectivity index (χ2n) is 5.84. The van der Waals surface area contributed by atoms with Gasteiger partial charge in [-0.25, -0.2) is 4.98 Å². The number of hydrogen-bond acceptors (Lipinski definition) is 5. The predicted molar refractivity (Wildman–Crippen MR) is 89.7 cm³/mol. The zero-order valence-corrected chi connectivity index (χ0v) is 13.6. The van der Waals surface area contributed by atoms with Gasteiger partial charge in [0.1, 0.15) is 0 Å². The molecule has 0 bridgehead atoms. The van der Waals surface area contributed by atoms with Gasteiger partial charge < -0.3 is 5.32 Å². The molecule has 5 nitrogen and oxygen atoms in total. The fourth-order valence-corrected chi connectivity index (χ4v) is 3.15. The number of benzene rings is 1. The van der Waals surface area contributed by atoms with Crippen LogP contribution in [0.1, 0.15) is 26.3 Å². The average Bonchev–Trinajstić information content (AvgIpc) is 2.92. The SMILES string of the molecule is CC(Nc1nn2c(=O)ccnc2s1)C(C)(C)c1ccccc1. The maximum atomic E-state index is 11.7. The lowest BCUT2D eigenvalue weighted by molar-refractivity contribution is 0.457. The Hall–Kier alpha value is -2.21. The Kier molecular flexibility index (Phi) is 3.70. The van der Waals surface area contributed by atoms with Crippen molar-refractivity contribution in [1.29, 1.82) is 0 Å². The molecule has 0 fully saturated rings. The first kappa shape index (κ1) is 14.7. The fraction of sp³-hybridized carbons (Fsp3) is 0.312. The van der Waals surface area contributed by atoms with Gasteiger partial charge in [0, 0.05) is 23.7 Å². The van der Waals surface area contributed by atoms with Crippen molar-refractivity contribution in [2.45, 2.75) is 32.2 Å². The molecule has 0 radical (unpaired) electrons. The first-order chi connectivity index (χ1) is 10.5. The summed E-state index contributed by atoms with van der Waals surface area (Å²) in [5.41, 5.74) is 1.02. The lowest BCUT2D eigenvalue weighted by atomic mass is 9.78. The highest BCUT2D eigenvalue weighted by molar-refractivity contribution is 7.20. The Morgan fingerprint density at radius 2 is 1.95 bits per heavy atom. The van der Waals surface area contributed by atoms with Crippen LogP contribution in [0.5, 0.6) is 0 Å². The summed E-state index contributed by atoms with van der Waals surface area (Å²) in [6.07, 6.45) is 1.51. The lowest BCUT2D eigenvalue weighted by Crippen LogP contribution is -2.37. The quantitative estimate of drug-likeness (QED) is 0.804. The molecular formula is C16H18N4OS. The van der Waals surface area contributed by atoms with Crippen LogP contribution in [0.4, 0.5) is 5.13 Å². The first-order valence-electron chi connectivity index (χ1n) is 7.15. The molecule has 6 heteroatoms. The molecule has 1 aromatic carbocycles. The van der Waals surface area contributed by atoms with E-state index < -0.39 is 0 Å². The average molecular weight is 314 g/mol. The lowest BCUT2D eigenvalue weighted by Gasteiger charge is -2.32. The molecule has 0 aliphatic heterocycles. The van der Waals surface area contributed by atoms with Crippen molar-refractivity contribution in [3.63, 3.8) is 0 Å². The van der Waals surface area contributed by atoms with Crippen LogP contribution in [0.2, 0.25) is 0 Å². The zero-order valence-electron chi connectivity index (χ0n) is 12.8. The summed E-state index contributed by atoms with van der Waals surface area (Å²) in [6.45, 7) is 6.50. The maximum Gasteiger partial charge on any atom is 0.275 e. The highest BCUT2D eigenvalue weighted by Crippen LogP contribution is 2.29. The second-order valence-corrected chi connectivity index (χ2v) is 6.79. The van der Waals surface area contributed by atoms with Crippen LogP contribution in [0.3, 0.4) is 0 Å². The molecule has 2 heterocycles. The molecule has 0 aliphatic rings. The van der Waals surface area contributed by atoms with Gasteiger partial charge in [-0.3, -0.25) is 4.79 Å². The summed E-state index contributed by atoms with van der Waals surface area (Å²) in [7, 11) is 0. The summed E-state index contributed by atoms with van der Waals surface area (Å²) in [5, 5.41) is 8.41. The molecule has 0 saturated heterocycles. The van der Waals surface area contributed by atoms with Crippen molar-refractivity contribution in [2.75, 3.05) is 5.32 Å². The number of anilines is 1. The second kappa shape index (κ2) is 5.53. The van der Waals surface area contributed by atoms with E-state index in [1.165, 1.54) is 33.7 Å². The van der Waals surface area contributed by atoms with Crippen LogP contribution in [0, 0.1) is 0 Å². The largest absolute Gasteiger partial charge is 0.357 e. The number of nitrogens with zero attached hydrogens (tertiary/aromatic N) is 3. The molecule has 22 heavy (non-hydrogen) atoms. The molecule has 1 atom stereocenters. The topological polar surface area (TPSA) is 59.3 Å². The highest BCUT2D eigenvalue weighted by atomic mass is 32.1. The van der Waals surface area contributed by atoms with Gasteiger partial charge in [0.25, 0.3) is 5.56 Å². The molecule has 1 N–H and O–H groups in total. The molecule has 0 spiro atoms. The minimum absolute atomic E-state index is 0.0719.